The zero-order valence-electron chi connectivity index (χ0n) is 33.8. The Labute approximate surface area is 370 Å². The van der Waals surface area contributed by atoms with Crippen LogP contribution in [0.25, 0.3) is 43.6 Å². The minimum absolute atomic E-state index is 0. The predicted octanol–water partition coefficient (Wildman–Crippen LogP) is 12.5. The molecule has 0 fully saturated rings. The van der Waals surface area contributed by atoms with Gasteiger partial charge in [0, 0.05) is 47.7 Å². The van der Waals surface area contributed by atoms with Crippen molar-refractivity contribution in [3.63, 3.8) is 0 Å². The first-order valence-corrected chi connectivity index (χ1v) is 22.3. The molecule has 1 heterocycles. The van der Waals surface area contributed by atoms with Gasteiger partial charge in [-0.1, -0.05) is 164 Å². The van der Waals surface area contributed by atoms with Gasteiger partial charge in [0.1, 0.15) is 7.14 Å². The van der Waals surface area contributed by atoms with Crippen molar-refractivity contribution in [2.45, 2.75) is 24.7 Å². The molecule has 61 heavy (non-hydrogen) atoms. The first-order valence-electron chi connectivity index (χ1n) is 20.5. The second kappa shape index (κ2) is 15.1. The fraction of sp³-hybridized carbons (Fsp3) is 0.0702. The molecule has 10 aromatic rings. The van der Waals surface area contributed by atoms with Crippen molar-refractivity contribution in [1.82, 2.24) is 4.98 Å². The quantitative estimate of drug-likeness (QED) is 0.130. The minimum Gasteiger partial charge on any atom is -0.311 e. The van der Waals surface area contributed by atoms with E-state index in [2.05, 4.69) is 158 Å². The molecule has 13 rings (SSSR count). The summed E-state index contributed by atoms with van der Waals surface area (Å²) in [7, 11) is -3.15. The zero-order chi connectivity index (χ0) is 40.5. The van der Waals surface area contributed by atoms with Crippen LogP contribution in [0, 0.1) is 12.1 Å². The van der Waals surface area contributed by atoms with E-state index in [0.29, 0.717) is 0 Å². The van der Waals surface area contributed by atoms with Gasteiger partial charge in [-0.15, -0.1) is 51.7 Å². The van der Waals surface area contributed by atoms with Gasteiger partial charge in [0.2, 0.25) is 0 Å². The average Bonchev–Trinajstić information content (AvgIpc) is 3.32. The average molecular weight is 978 g/mol. The number of benzene rings is 9. The van der Waals surface area contributed by atoms with E-state index in [0.717, 1.165) is 59.5 Å². The van der Waals surface area contributed by atoms with E-state index in [1.165, 1.54) is 33.4 Å². The Balaban J connectivity index is 0.000000145. The Morgan fingerprint density at radius 1 is 0.426 bits per heavy atom. The molecule has 9 aromatic carbocycles. The van der Waals surface area contributed by atoms with Gasteiger partial charge in [0.05, 0.1) is 0 Å². The Bertz CT molecular complexity index is 3110. The van der Waals surface area contributed by atoms with Crippen molar-refractivity contribution in [3.05, 3.63) is 252 Å². The van der Waals surface area contributed by atoms with Gasteiger partial charge in [-0.25, -0.2) is 0 Å². The molecule has 1 aromatic heterocycles. The number of hydrogen-bond acceptors (Lipinski definition) is 2. The van der Waals surface area contributed by atoms with Crippen LogP contribution in [-0.2, 0) is 35.5 Å². The summed E-state index contributed by atoms with van der Waals surface area (Å²) in [5, 5.41) is 9.03. The Hall–Kier alpha value is -6.21. The first kappa shape index (κ1) is 39.0. The Morgan fingerprint density at radius 2 is 0.885 bits per heavy atom. The van der Waals surface area contributed by atoms with Crippen LogP contribution >= 0.6 is 7.14 Å². The third-order valence-electron chi connectivity index (χ3n) is 13.2. The Kier molecular flexibility index (Phi) is 9.61. The van der Waals surface area contributed by atoms with Crippen LogP contribution in [0.3, 0.4) is 0 Å². The standard InChI is InChI=1S/C30H20OP.C27H20N.Ir/c31-32(28-16-13-22-7-1-4-10-25(22)19-28,29-17-14-23-8-2-5-11-26(23)20-29)30-18-15-24-9-3-6-12-27(24)21-30;1-26-19-9-3-5-11-21(19)27(2,22-12-6-4-10-20(22)26)24-17-18(14-15-23(24)26)25-13-7-8-16-28-25;/h1-17,19-21H;3-13,15-17H,1-2H3;/q2*-1;. The normalized spacial score (nSPS) is 17.1. The van der Waals surface area contributed by atoms with E-state index in [1.54, 1.807) is 0 Å². The van der Waals surface area contributed by atoms with E-state index in [9.17, 15) is 0 Å². The fourth-order valence-corrected chi connectivity index (χ4v) is 12.7. The topological polar surface area (TPSA) is 30.0 Å². The van der Waals surface area contributed by atoms with E-state index < -0.39 is 7.14 Å². The molecule has 2 nitrogen and oxygen atoms in total. The monoisotopic (exact) mass is 978 g/mol. The van der Waals surface area contributed by atoms with Crippen molar-refractivity contribution in [2.75, 3.05) is 0 Å². The number of aromatic nitrogens is 1. The summed E-state index contributed by atoms with van der Waals surface area (Å²) in [6, 6.07) is 76.3. The minimum atomic E-state index is -3.15. The van der Waals surface area contributed by atoms with Crippen LogP contribution in [0.1, 0.15) is 47.2 Å². The van der Waals surface area contributed by atoms with Gasteiger partial charge in [0.15, 0.2) is 0 Å². The van der Waals surface area contributed by atoms with E-state index in [-0.39, 0.29) is 30.9 Å². The molecule has 3 aliphatic carbocycles. The maximum Gasteiger partial charge on any atom is 0.147 e. The second-order valence-electron chi connectivity index (χ2n) is 16.3. The molecule has 2 bridgehead atoms. The number of rotatable bonds is 4. The largest absolute Gasteiger partial charge is 0.311 e. The molecule has 0 saturated heterocycles. The van der Waals surface area contributed by atoms with Crippen LogP contribution < -0.4 is 15.9 Å². The van der Waals surface area contributed by atoms with Gasteiger partial charge >= 0.3 is 0 Å². The molecule has 4 heteroatoms. The number of nitrogens with zero attached hydrogens (tertiary/aromatic N) is 1. The van der Waals surface area contributed by atoms with Crippen LogP contribution in [-0.4, -0.2) is 4.98 Å². The molecule has 0 atom stereocenters. The summed E-state index contributed by atoms with van der Waals surface area (Å²) in [5.74, 6) is 0. The summed E-state index contributed by atoms with van der Waals surface area (Å²) >= 11 is 0. The van der Waals surface area contributed by atoms with Crippen molar-refractivity contribution >= 4 is 55.4 Å². The summed E-state index contributed by atoms with van der Waals surface area (Å²) in [5.41, 5.74) is 10.1. The van der Waals surface area contributed by atoms with Crippen LogP contribution in [0.4, 0.5) is 0 Å². The van der Waals surface area contributed by atoms with Gasteiger partial charge in [-0.05, 0) is 74.6 Å². The molecule has 0 unspecified atom stereocenters. The second-order valence-corrected chi connectivity index (χ2v) is 19.1. The molecule has 295 valence electrons. The van der Waals surface area contributed by atoms with Crippen LogP contribution in [0.2, 0.25) is 0 Å². The summed E-state index contributed by atoms with van der Waals surface area (Å²) < 4.78 is 15.1. The number of fused-ring (bicyclic) bond motifs is 3. The van der Waals surface area contributed by atoms with Crippen molar-refractivity contribution in [2.24, 2.45) is 0 Å². The number of pyridine rings is 1. The van der Waals surface area contributed by atoms with E-state index in [1.807, 2.05) is 79.0 Å². The molecule has 0 N–H and O–H groups in total. The fourth-order valence-electron chi connectivity index (χ4n) is 10.0. The van der Waals surface area contributed by atoms with Gasteiger partial charge in [0.25, 0.3) is 0 Å². The molecule has 1 radical (unpaired) electrons. The first-order chi connectivity index (χ1) is 29.4. The molecule has 0 saturated carbocycles. The van der Waals surface area contributed by atoms with Crippen molar-refractivity contribution in [1.29, 1.82) is 0 Å². The zero-order valence-corrected chi connectivity index (χ0v) is 37.1. The van der Waals surface area contributed by atoms with Gasteiger partial charge < -0.3 is 9.55 Å². The SMILES string of the molecule is CC12c3c[c-]c(-c4ccccn4)cc3C(C)(c3ccccc31)c1ccccc12.O=P(c1[c-]cc2ccccc2c1)(c1ccc2ccccc2c1)c1ccc2ccccc2c1.[Ir]. The van der Waals surface area contributed by atoms with E-state index in [4.69, 9.17) is 0 Å². The molecule has 0 aliphatic heterocycles. The molecular formula is C57H40IrNOP-2. The third-order valence-corrected chi connectivity index (χ3v) is 16.1. The maximum atomic E-state index is 15.1. The summed E-state index contributed by atoms with van der Waals surface area (Å²) in [4.78, 5) is 4.56. The predicted molar refractivity (Wildman–Crippen MR) is 250 cm³/mol. The van der Waals surface area contributed by atoms with Crippen molar-refractivity contribution < 1.29 is 24.7 Å². The maximum absolute atomic E-state index is 15.1. The Morgan fingerprint density at radius 3 is 1.41 bits per heavy atom. The number of hydrogen-bond donors (Lipinski definition) is 0. The van der Waals surface area contributed by atoms with Crippen LogP contribution in [0.15, 0.2) is 206 Å². The van der Waals surface area contributed by atoms with Gasteiger partial charge in [-0.2, -0.15) is 18.2 Å². The molecule has 3 aliphatic rings. The summed E-state index contributed by atoms with van der Waals surface area (Å²) in [6.45, 7) is 4.75. The molecular weight excluding hydrogens is 938 g/mol. The van der Waals surface area contributed by atoms with Gasteiger partial charge in [-0.3, -0.25) is 0 Å². The molecule has 0 amide bonds. The van der Waals surface area contributed by atoms with Crippen LogP contribution in [0.5, 0.6) is 0 Å². The van der Waals surface area contributed by atoms with Crippen molar-refractivity contribution in [3.8, 4) is 11.3 Å². The molecule has 0 spiro atoms. The van der Waals surface area contributed by atoms with E-state index >= 15 is 4.57 Å². The summed E-state index contributed by atoms with van der Waals surface area (Å²) in [6.07, 6.45) is 1.85. The third kappa shape index (κ3) is 6.02. The smallest absolute Gasteiger partial charge is 0.147 e.